The number of rotatable bonds is 10. The maximum absolute atomic E-state index is 11.7. The van der Waals surface area contributed by atoms with Crippen LogP contribution in [-0.4, -0.2) is 35.8 Å². The third kappa shape index (κ3) is 10.5. The minimum Gasteiger partial charge on any atom is -0.356 e. The van der Waals surface area contributed by atoms with E-state index >= 15 is 0 Å². The number of hydrogen-bond acceptors (Lipinski definition) is 4. The largest absolute Gasteiger partial charge is 0.356 e. The van der Waals surface area contributed by atoms with E-state index in [1.165, 1.54) is 12.5 Å². The van der Waals surface area contributed by atoms with Crippen LogP contribution in [0.2, 0.25) is 0 Å². The summed E-state index contributed by atoms with van der Waals surface area (Å²) in [5, 5.41) is 5.64. The third-order valence-corrected chi connectivity index (χ3v) is 3.93. The number of amides is 2. The van der Waals surface area contributed by atoms with Gasteiger partial charge in [-0.2, -0.15) is 0 Å². The van der Waals surface area contributed by atoms with Crippen LogP contribution in [0.25, 0.3) is 0 Å². The lowest BCUT2D eigenvalue weighted by Crippen LogP contribution is -2.28. The Morgan fingerprint density at radius 1 is 0.957 bits per heavy atom. The minimum absolute atomic E-state index is 0.00214. The summed E-state index contributed by atoms with van der Waals surface area (Å²) in [5.74, 6) is 0.423. The molecule has 126 valence electrons. The summed E-state index contributed by atoms with van der Waals surface area (Å²) in [6.07, 6.45) is 2.16. The van der Waals surface area contributed by atoms with E-state index in [4.69, 9.17) is 0 Å². The average molecular weight is 336 g/mol. The lowest BCUT2D eigenvalue weighted by atomic mass is 10.1. The molecule has 2 N–H and O–H groups in total. The van der Waals surface area contributed by atoms with Crippen molar-refractivity contribution in [3.8, 4) is 0 Å². The monoisotopic (exact) mass is 336 g/mol. The van der Waals surface area contributed by atoms with Gasteiger partial charge in [-0.1, -0.05) is 42.1 Å². The number of carbonyl (C=O) groups excluding carboxylic acids is 3. The normalized spacial score (nSPS) is 10.1. The summed E-state index contributed by atoms with van der Waals surface area (Å²) in [7, 11) is 0. The Morgan fingerprint density at radius 3 is 2.30 bits per heavy atom. The highest BCUT2D eigenvalue weighted by atomic mass is 32.2. The molecule has 0 fully saturated rings. The Kier molecular flexibility index (Phi) is 9.79. The van der Waals surface area contributed by atoms with Crippen molar-refractivity contribution in [3.05, 3.63) is 35.9 Å². The van der Waals surface area contributed by atoms with E-state index in [2.05, 4.69) is 10.6 Å². The van der Waals surface area contributed by atoms with Crippen molar-refractivity contribution in [2.45, 2.75) is 32.6 Å². The molecule has 1 aromatic rings. The lowest BCUT2D eigenvalue weighted by molar-refractivity contribution is -0.122. The summed E-state index contributed by atoms with van der Waals surface area (Å²) in [6.45, 7) is 2.59. The van der Waals surface area contributed by atoms with E-state index in [9.17, 15) is 14.4 Å². The number of benzene rings is 1. The Bertz CT molecular complexity index is 506. The lowest BCUT2D eigenvalue weighted by Gasteiger charge is -2.06. The van der Waals surface area contributed by atoms with Gasteiger partial charge in [0.25, 0.3) is 0 Å². The quantitative estimate of drug-likeness (QED) is 0.640. The van der Waals surface area contributed by atoms with Gasteiger partial charge >= 0.3 is 0 Å². The van der Waals surface area contributed by atoms with Crippen molar-refractivity contribution in [2.24, 2.45) is 0 Å². The molecule has 0 aliphatic carbocycles. The van der Waals surface area contributed by atoms with E-state index in [1.54, 1.807) is 0 Å². The van der Waals surface area contributed by atoms with Crippen molar-refractivity contribution in [1.82, 2.24) is 10.6 Å². The van der Waals surface area contributed by atoms with Crippen molar-refractivity contribution < 1.29 is 14.4 Å². The zero-order valence-corrected chi connectivity index (χ0v) is 14.3. The summed E-state index contributed by atoms with van der Waals surface area (Å²) in [6, 6.07) is 10.00. The molecule has 1 aromatic carbocycles. The smallest absolute Gasteiger partial charge is 0.220 e. The zero-order valence-electron chi connectivity index (χ0n) is 13.5. The minimum atomic E-state index is -0.0803. The van der Waals surface area contributed by atoms with Crippen LogP contribution in [0.15, 0.2) is 30.3 Å². The van der Waals surface area contributed by atoms with E-state index in [0.717, 1.165) is 18.2 Å². The molecule has 5 nitrogen and oxygen atoms in total. The van der Waals surface area contributed by atoms with Crippen LogP contribution in [0.1, 0.15) is 31.7 Å². The van der Waals surface area contributed by atoms with Crippen LogP contribution in [0.3, 0.4) is 0 Å². The average Bonchev–Trinajstić information content (AvgIpc) is 2.52. The molecule has 0 spiro atoms. The van der Waals surface area contributed by atoms with Gasteiger partial charge in [-0.3, -0.25) is 14.4 Å². The molecular formula is C17H24N2O3S. The van der Waals surface area contributed by atoms with Crippen LogP contribution in [0.4, 0.5) is 0 Å². The molecule has 0 atom stereocenters. The van der Waals surface area contributed by atoms with E-state index in [0.29, 0.717) is 38.1 Å². The van der Waals surface area contributed by atoms with E-state index in [-0.39, 0.29) is 16.9 Å². The Labute approximate surface area is 141 Å². The maximum atomic E-state index is 11.7. The summed E-state index contributed by atoms with van der Waals surface area (Å²) >= 11 is 1.15. The molecule has 0 heterocycles. The predicted octanol–water partition coefficient (Wildman–Crippen LogP) is 1.91. The number of thioether (sulfide) groups is 1. The van der Waals surface area contributed by atoms with Crippen LogP contribution in [-0.2, 0) is 20.8 Å². The van der Waals surface area contributed by atoms with Gasteiger partial charge in [0.2, 0.25) is 11.8 Å². The molecule has 0 aliphatic heterocycles. The van der Waals surface area contributed by atoms with Crippen molar-refractivity contribution in [3.63, 3.8) is 0 Å². The predicted molar refractivity (Wildman–Crippen MR) is 93.2 cm³/mol. The second-order valence-corrected chi connectivity index (χ2v) is 6.40. The van der Waals surface area contributed by atoms with Gasteiger partial charge in [0.05, 0.1) is 0 Å². The van der Waals surface area contributed by atoms with Crippen LogP contribution < -0.4 is 10.6 Å². The first-order valence-electron chi connectivity index (χ1n) is 7.78. The summed E-state index contributed by atoms with van der Waals surface area (Å²) in [4.78, 5) is 33.8. The highest BCUT2D eigenvalue weighted by molar-refractivity contribution is 8.13. The van der Waals surface area contributed by atoms with E-state index in [1.807, 2.05) is 30.3 Å². The molecule has 23 heavy (non-hydrogen) atoms. The molecule has 0 unspecified atom stereocenters. The Hall–Kier alpha value is -1.82. The molecular weight excluding hydrogens is 312 g/mol. The van der Waals surface area contributed by atoms with Crippen molar-refractivity contribution >= 4 is 28.7 Å². The first kappa shape index (κ1) is 19.2. The maximum Gasteiger partial charge on any atom is 0.220 e. The molecule has 1 rings (SSSR count). The fraction of sp³-hybridized carbons (Fsp3) is 0.471. The second-order valence-electron chi connectivity index (χ2n) is 5.13. The molecule has 0 radical (unpaired) electrons. The van der Waals surface area contributed by atoms with Gasteiger partial charge in [0, 0.05) is 38.6 Å². The molecule has 0 saturated heterocycles. The number of nitrogens with one attached hydrogen (secondary N) is 2. The van der Waals surface area contributed by atoms with E-state index < -0.39 is 0 Å². The molecule has 0 aromatic heterocycles. The van der Waals surface area contributed by atoms with Crippen LogP contribution in [0.5, 0.6) is 0 Å². The molecule has 0 saturated carbocycles. The SMILES string of the molecule is CC(=O)SCCC(=O)NCCCC(=O)NCCc1ccccc1. The summed E-state index contributed by atoms with van der Waals surface area (Å²) in [5.41, 5.74) is 1.20. The van der Waals surface area contributed by atoms with Crippen molar-refractivity contribution in [1.29, 1.82) is 0 Å². The molecule has 2 amide bonds. The second kappa shape index (κ2) is 11.7. The highest BCUT2D eigenvalue weighted by Gasteiger charge is 2.04. The third-order valence-electron chi connectivity index (χ3n) is 3.12. The Morgan fingerprint density at radius 2 is 1.61 bits per heavy atom. The topological polar surface area (TPSA) is 75.3 Å². The fourth-order valence-electron chi connectivity index (χ4n) is 1.93. The standard InChI is InChI=1S/C17H24N2O3S/c1-14(20)23-13-10-17(22)18-11-5-8-16(21)19-12-9-15-6-3-2-4-7-15/h2-4,6-7H,5,8-13H2,1H3,(H,18,22)(H,19,21). The molecule has 0 bridgehead atoms. The zero-order chi connectivity index (χ0) is 16.9. The van der Waals surface area contributed by atoms with Gasteiger partial charge in [-0.05, 0) is 18.4 Å². The van der Waals surface area contributed by atoms with Crippen LogP contribution >= 0.6 is 11.8 Å². The van der Waals surface area contributed by atoms with Gasteiger partial charge in [0.1, 0.15) is 0 Å². The Balaban J connectivity index is 1.99. The number of carbonyl (C=O) groups is 3. The molecule has 0 aliphatic rings. The van der Waals surface area contributed by atoms with Crippen LogP contribution in [0, 0.1) is 0 Å². The summed E-state index contributed by atoms with van der Waals surface area (Å²) < 4.78 is 0. The first-order valence-corrected chi connectivity index (χ1v) is 8.77. The van der Waals surface area contributed by atoms with Gasteiger partial charge in [0.15, 0.2) is 5.12 Å². The number of hydrogen-bond donors (Lipinski definition) is 2. The van der Waals surface area contributed by atoms with Gasteiger partial charge < -0.3 is 10.6 Å². The fourth-order valence-corrected chi connectivity index (χ4v) is 2.51. The van der Waals surface area contributed by atoms with Gasteiger partial charge in [-0.15, -0.1) is 0 Å². The van der Waals surface area contributed by atoms with Gasteiger partial charge in [-0.25, -0.2) is 0 Å². The molecule has 6 heteroatoms. The van der Waals surface area contributed by atoms with Crippen molar-refractivity contribution in [2.75, 3.05) is 18.8 Å². The highest BCUT2D eigenvalue weighted by Crippen LogP contribution is 2.02. The first-order chi connectivity index (χ1) is 11.1.